The zero-order valence-electron chi connectivity index (χ0n) is 12.9. The lowest BCUT2D eigenvalue weighted by Crippen LogP contribution is -2.42. The molecule has 1 aromatic heterocycles. The molecular weight excluding hydrogens is 326 g/mol. The molecule has 0 unspecified atom stereocenters. The van der Waals surface area contributed by atoms with Crippen LogP contribution in [0.25, 0.3) is 0 Å². The van der Waals surface area contributed by atoms with E-state index in [0.717, 1.165) is 10.6 Å². The van der Waals surface area contributed by atoms with Crippen LogP contribution in [0.4, 0.5) is 0 Å². The van der Waals surface area contributed by atoms with Gasteiger partial charge in [0, 0.05) is 23.0 Å². The minimum Gasteiger partial charge on any atom is -0.346 e. The van der Waals surface area contributed by atoms with E-state index < -0.39 is 0 Å². The van der Waals surface area contributed by atoms with E-state index in [9.17, 15) is 4.79 Å². The predicted molar refractivity (Wildman–Crippen MR) is 93.2 cm³/mol. The van der Waals surface area contributed by atoms with Crippen molar-refractivity contribution >= 4 is 29.0 Å². The molecule has 1 amide bonds. The van der Waals surface area contributed by atoms with E-state index >= 15 is 0 Å². The van der Waals surface area contributed by atoms with Crippen molar-refractivity contribution in [3.63, 3.8) is 0 Å². The summed E-state index contributed by atoms with van der Waals surface area (Å²) in [5, 5.41) is 7.25. The number of thiazole rings is 1. The molecule has 2 N–H and O–H groups in total. The number of amides is 1. The maximum atomic E-state index is 12.4. The van der Waals surface area contributed by atoms with Crippen molar-refractivity contribution in [3.8, 4) is 0 Å². The second-order valence-electron chi connectivity index (χ2n) is 6.26. The molecule has 0 spiro atoms. The molecule has 0 aliphatic carbocycles. The Labute approximate surface area is 144 Å². The van der Waals surface area contributed by atoms with E-state index in [1.54, 1.807) is 18.0 Å². The smallest absolute Gasteiger partial charge is 0.280 e. The lowest BCUT2D eigenvalue weighted by Gasteiger charge is -2.20. The first kappa shape index (κ1) is 15.2. The molecule has 2 bridgehead atoms. The Kier molecular flexibility index (Phi) is 4.13. The number of fused-ring (bicyclic) bond motifs is 2. The van der Waals surface area contributed by atoms with Gasteiger partial charge in [0.05, 0.1) is 10.4 Å². The van der Waals surface area contributed by atoms with Crippen molar-refractivity contribution in [1.29, 1.82) is 0 Å². The zero-order valence-corrected chi connectivity index (χ0v) is 14.5. The van der Waals surface area contributed by atoms with Gasteiger partial charge < -0.3 is 10.6 Å². The first-order valence-electron chi connectivity index (χ1n) is 7.94. The largest absolute Gasteiger partial charge is 0.346 e. The predicted octanol–water partition coefficient (Wildman–Crippen LogP) is 3.23. The summed E-state index contributed by atoms with van der Waals surface area (Å²) in [6, 6.07) is 9.69. The van der Waals surface area contributed by atoms with Crippen LogP contribution < -0.4 is 10.6 Å². The number of nitrogens with one attached hydrogen (secondary N) is 2. The van der Waals surface area contributed by atoms with E-state index in [1.165, 1.54) is 34.6 Å². The van der Waals surface area contributed by atoms with Crippen LogP contribution in [0.3, 0.4) is 0 Å². The van der Waals surface area contributed by atoms with Gasteiger partial charge in [-0.3, -0.25) is 4.79 Å². The third kappa shape index (κ3) is 3.29. The molecule has 120 valence electrons. The maximum absolute atomic E-state index is 12.4. The Balaban J connectivity index is 1.39. The Hall–Kier alpha value is -1.37. The summed E-state index contributed by atoms with van der Waals surface area (Å²) in [6.07, 6.45) is 5.25. The third-order valence-electron chi connectivity index (χ3n) is 4.53. The summed E-state index contributed by atoms with van der Waals surface area (Å²) in [6.45, 7) is 2.08. The molecule has 6 heteroatoms. The molecule has 0 radical (unpaired) electrons. The van der Waals surface area contributed by atoms with Crippen LogP contribution in [-0.4, -0.2) is 29.0 Å². The Morgan fingerprint density at radius 2 is 2.17 bits per heavy atom. The normalized spacial score (nSPS) is 25.7. The van der Waals surface area contributed by atoms with E-state index in [2.05, 4.69) is 46.8 Å². The highest BCUT2D eigenvalue weighted by molar-refractivity contribution is 8.01. The van der Waals surface area contributed by atoms with Gasteiger partial charge in [-0.05, 0) is 38.3 Å². The van der Waals surface area contributed by atoms with Crippen molar-refractivity contribution in [2.45, 2.75) is 53.4 Å². The molecule has 23 heavy (non-hydrogen) atoms. The highest BCUT2D eigenvalue weighted by Crippen LogP contribution is 2.33. The van der Waals surface area contributed by atoms with Gasteiger partial charge in [-0.1, -0.05) is 29.5 Å². The van der Waals surface area contributed by atoms with Crippen molar-refractivity contribution < 1.29 is 4.79 Å². The van der Waals surface area contributed by atoms with Gasteiger partial charge in [-0.15, -0.1) is 11.3 Å². The number of nitrogens with zero attached hydrogens (tertiary/aromatic N) is 1. The van der Waals surface area contributed by atoms with Crippen LogP contribution in [0.15, 0.2) is 39.6 Å². The summed E-state index contributed by atoms with van der Waals surface area (Å²) in [5.74, 6) is -0.0369. The number of hydrogen-bond acceptors (Lipinski definition) is 5. The van der Waals surface area contributed by atoms with Gasteiger partial charge >= 0.3 is 0 Å². The van der Waals surface area contributed by atoms with Crippen molar-refractivity contribution in [2.75, 3.05) is 0 Å². The average Bonchev–Trinajstić information content (AvgIpc) is 3.26. The minimum absolute atomic E-state index is 0.0369. The first-order chi connectivity index (χ1) is 11.2. The standard InChI is InChI=1S/C17H19N3OS2/c1-10-2-5-12(6-3-10)22-15-9-18-17(23-15)16(21)20-14-8-11-4-7-13(14)19-11/h2-3,5-6,9,11,13-14,19H,4,7-8H2,1H3,(H,20,21)/t11-,13+,14-/m1/s1. The fourth-order valence-electron chi connectivity index (χ4n) is 3.35. The SMILES string of the molecule is Cc1ccc(Sc2cnc(C(=O)N[C@@H]3C[C@H]4CC[C@@H]3N4)s2)cc1. The number of benzene rings is 1. The summed E-state index contributed by atoms with van der Waals surface area (Å²) in [7, 11) is 0. The molecule has 2 aromatic rings. The van der Waals surface area contributed by atoms with E-state index in [-0.39, 0.29) is 11.9 Å². The Morgan fingerprint density at radius 3 is 2.87 bits per heavy atom. The molecule has 3 atom stereocenters. The van der Waals surface area contributed by atoms with E-state index in [4.69, 9.17) is 0 Å². The fourth-order valence-corrected chi connectivity index (χ4v) is 5.20. The zero-order chi connectivity index (χ0) is 15.8. The van der Waals surface area contributed by atoms with Crippen molar-refractivity contribution in [3.05, 3.63) is 41.0 Å². The Bertz CT molecular complexity index is 713. The molecule has 4 nitrogen and oxygen atoms in total. The molecule has 0 saturated carbocycles. The van der Waals surface area contributed by atoms with Gasteiger partial charge in [0.25, 0.3) is 5.91 Å². The number of aromatic nitrogens is 1. The average molecular weight is 345 g/mol. The Morgan fingerprint density at radius 1 is 1.35 bits per heavy atom. The van der Waals surface area contributed by atoms with Crippen LogP contribution in [0.2, 0.25) is 0 Å². The molecule has 2 saturated heterocycles. The van der Waals surface area contributed by atoms with Crippen molar-refractivity contribution in [1.82, 2.24) is 15.6 Å². The van der Waals surface area contributed by atoms with Gasteiger partial charge in [0.15, 0.2) is 5.01 Å². The quantitative estimate of drug-likeness (QED) is 0.893. The maximum Gasteiger partial charge on any atom is 0.280 e. The molecule has 2 aliphatic rings. The monoisotopic (exact) mass is 345 g/mol. The second kappa shape index (κ2) is 6.26. The third-order valence-corrected chi connectivity index (χ3v) is 6.64. The highest BCUT2D eigenvalue weighted by atomic mass is 32.2. The summed E-state index contributed by atoms with van der Waals surface area (Å²) in [5.41, 5.74) is 1.25. The summed E-state index contributed by atoms with van der Waals surface area (Å²) >= 11 is 3.12. The molecule has 1 aromatic carbocycles. The number of aryl methyl sites for hydroxylation is 1. The lowest BCUT2D eigenvalue weighted by molar-refractivity contribution is 0.0930. The van der Waals surface area contributed by atoms with Crippen LogP contribution in [0.5, 0.6) is 0 Å². The molecule has 2 fully saturated rings. The lowest BCUT2D eigenvalue weighted by atomic mass is 9.95. The van der Waals surface area contributed by atoms with E-state index in [0.29, 0.717) is 17.1 Å². The molecule has 4 rings (SSSR count). The number of rotatable bonds is 4. The number of carbonyl (C=O) groups is 1. The topological polar surface area (TPSA) is 54.0 Å². The van der Waals surface area contributed by atoms with Crippen LogP contribution >= 0.6 is 23.1 Å². The van der Waals surface area contributed by atoms with Crippen molar-refractivity contribution in [2.24, 2.45) is 0 Å². The van der Waals surface area contributed by atoms with Gasteiger partial charge in [0.2, 0.25) is 0 Å². The summed E-state index contributed by atoms with van der Waals surface area (Å²) < 4.78 is 1.05. The van der Waals surface area contributed by atoms with Gasteiger partial charge in [0.1, 0.15) is 0 Å². The van der Waals surface area contributed by atoms with Crippen LogP contribution in [0.1, 0.15) is 34.6 Å². The van der Waals surface area contributed by atoms with Gasteiger partial charge in [-0.2, -0.15) is 0 Å². The highest BCUT2D eigenvalue weighted by Gasteiger charge is 2.39. The molecule has 3 heterocycles. The van der Waals surface area contributed by atoms with Gasteiger partial charge in [-0.25, -0.2) is 4.98 Å². The minimum atomic E-state index is -0.0369. The fraction of sp³-hybridized carbons (Fsp3) is 0.412. The molecule has 2 aliphatic heterocycles. The first-order valence-corrected chi connectivity index (χ1v) is 9.58. The van der Waals surface area contributed by atoms with Crippen LogP contribution in [-0.2, 0) is 0 Å². The van der Waals surface area contributed by atoms with E-state index in [1.807, 2.05) is 0 Å². The number of hydrogen-bond donors (Lipinski definition) is 2. The number of carbonyl (C=O) groups excluding carboxylic acids is 1. The molecular formula is C17H19N3OS2. The summed E-state index contributed by atoms with van der Waals surface area (Å²) in [4.78, 5) is 17.9. The van der Waals surface area contributed by atoms with Crippen LogP contribution in [0, 0.1) is 6.92 Å². The second-order valence-corrected chi connectivity index (χ2v) is 8.67.